The summed E-state index contributed by atoms with van der Waals surface area (Å²) in [7, 11) is 0. The summed E-state index contributed by atoms with van der Waals surface area (Å²) < 4.78 is 41.3. The molecule has 3 rings (SSSR count). The van der Waals surface area contributed by atoms with Crippen LogP contribution in [0.5, 0.6) is 0 Å². The van der Waals surface area contributed by atoms with Gasteiger partial charge in [0.2, 0.25) is 0 Å². The molecule has 0 unspecified atom stereocenters. The molecule has 7 heteroatoms. The third kappa shape index (κ3) is 4.36. The van der Waals surface area contributed by atoms with Crippen molar-refractivity contribution in [1.82, 2.24) is 14.5 Å². The van der Waals surface area contributed by atoms with E-state index in [2.05, 4.69) is 4.98 Å². The van der Waals surface area contributed by atoms with E-state index in [4.69, 9.17) is 0 Å². The number of rotatable bonds is 6. The van der Waals surface area contributed by atoms with Crippen molar-refractivity contribution in [2.24, 2.45) is 0 Å². The lowest BCUT2D eigenvalue weighted by molar-refractivity contribution is 0.0747. The van der Waals surface area contributed by atoms with Gasteiger partial charge in [-0.3, -0.25) is 4.79 Å². The van der Waals surface area contributed by atoms with E-state index in [1.54, 1.807) is 21.9 Å². The fourth-order valence-corrected chi connectivity index (χ4v) is 2.74. The summed E-state index contributed by atoms with van der Waals surface area (Å²) >= 11 is 0. The molecule has 0 aliphatic heterocycles. The summed E-state index contributed by atoms with van der Waals surface area (Å²) in [6.07, 6.45) is 3.30. The third-order valence-corrected chi connectivity index (χ3v) is 4.23. The average Bonchev–Trinajstić information content (AvgIpc) is 3.09. The number of aromatic nitrogens is 2. The maximum atomic E-state index is 13.4. The third-order valence-electron chi connectivity index (χ3n) is 4.23. The molecule has 0 aliphatic rings. The van der Waals surface area contributed by atoms with Crippen molar-refractivity contribution in [2.45, 2.75) is 20.0 Å². The van der Waals surface area contributed by atoms with E-state index in [1.807, 2.05) is 6.92 Å². The van der Waals surface area contributed by atoms with Crippen molar-refractivity contribution >= 4 is 5.91 Å². The van der Waals surface area contributed by atoms with Gasteiger partial charge in [-0.05, 0) is 48.9 Å². The van der Waals surface area contributed by atoms with Crippen LogP contribution in [0.25, 0.3) is 0 Å². The number of imidazole rings is 1. The van der Waals surface area contributed by atoms with Gasteiger partial charge in [0.1, 0.15) is 11.6 Å². The highest BCUT2D eigenvalue weighted by atomic mass is 19.2. The maximum Gasteiger partial charge on any atom is 0.254 e. The summed E-state index contributed by atoms with van der Waals surface area (Å²) in [5.74, 6) is -1.84. The van der Waals surface area contributed by atoms with E-state index in [0.29, 0.717) is 30.0 Å². The molecule has 4 nitrogen and oxygen atoms in total. The summed E-state index contributed by atoms with van der Waals surface area (Å²) in [6, 6.07) is 9.08. The number of hydrogen-bond donors (Lipinski definition) is 0. The lowest BCUT2D eigenvalue weighted by Gasteiger charge is -2.21. The molecule has 0 atom stereocenters. The zero-order valence-corrected chi connectivity index (χ0v) is 14.7. The molecule has 0 saturated heterocycles. The van der Waals surface area contributed by atoms with E-state index in [9.17, 15) is 18.0 Å². The van der Waals surface area contributed by atoms with Gasteiger partial charge in [-0.15, -0.1) is 0 Å². The highest BCUT2D eigenvalue weighted by Crippen LogP contribution is 2.14. The number of halogens is 3. The molecule has 3 aromatic rings. The second-order valence-corrected chi connectivity index (χ2v) is 6.05. The first-order chi connectivity index (χ1) is 13.0. The number of hydrogen-bond acceptors (Lipinski definition) is 2. The van der Waals surface area contributed by atoms with E-state index in [0.717, 1.165) is 12.1 Å². The Morgan fingerprint density at radius 2 is 1.81 bits per heavy atom. The molecule has 27 heavy (non-hydrogen) atoms. The Hall–Kier alpha value is -3.09. The van der Waals surface area contributed by atoms with Gasteiger partial charge in [-0.1, -0.05) is 6.07 Å². The van der Waals surface area contributed by atoms with Gasteiger partial charge >= 0.3 is 0 Å². The highest BCUT2D eigenvalue weighted by Gasteiger charge is 2.17. The number of carbonyl (C=O) groups excluding carboxylic acids is 1. The molecule has 0 aliphatic carbocycles. The van der Waals surface area contributed by atoms with Crippen LogP contribution < -0.4 is 0 Å². The summed E-state index contributed by atoms with van der Waals surface area (Å²) in [5, 5.41) is 0. The largest absolute Gasteiger partial charge is 0.331 e. The molecule has 1 heterocycles. The van der Waals surface area contributed by atoms with E-state index >= 15 is 0 Å². The molecule has 0 bridgehead atoms. The first-order valence-electron chi connectivity index (χ1n) is 8.46. The predicted molar refractivity (Wildman–Crippen MR) is 94.5 cm³/mol. The Morgan fingerprint density at radius 1 is 1.07 bits per heavy atom. The minimum atomic E-state index is -0.907. The van der Waals surface area contributed by atoms with Gasteiger partial charge in [0, 0.05) is 31.0 Å². The van der Waals surface area contributed by atoms with Crippen molar-refractivity contribution in [3.63, 3.8) is 0 Å². The Kier molecular flexibility index (Phi) is 5.59. The van der Waals surface area contributed by atoms with Crippen LogP contribution in [0.4, 0.5) is 13.2 Å². The minimum absolute atomic E-state index is 0.236. The van der Waals surface area contributed by atoms with Crippen molar-refractivity contribution < 1.29 is 18.0 Å². The molecule has 1 aromatic heterocycles. The summed E-state index contributed by atoms with van der Waals surface area (Å²) in [5.41, 5.74) is 0.970. The zero-order chi connectivity index (χ0) is 19.4. The van der Waals surface area contributed by atoms with Crippen molar-refractivity contribution in [2.75, 3.05) is 6.54 Å². The van der Waals surface area contributed by atoms with Crippen LogP contribution in [-0.2, 0) is 13.1 Å². The summed E-state index contributed by atoms with van der Waals surface area (Å²) in [4.78, 5) is 18.5. The molecule has 0 spiro atoms. The normalized spacial score (nSPS) is 10.8. The van der Waals surface area contributed by atoms with Crippen LogP contribution in [0.1, 0.15) is 28.7 Å². The molecule has 1 amide bonds. The van der Waals surface area contributed by atoms with Crippen LogP contribution in [0.15, 0.2) is 54.9 Å². The SMILES string of the molecule is CCN(Cc1nccn1Cc1ccc(F)c(F)c1)C(=O)c1ccc(F)cc1. The number of benzene rings is 2. The Labute approximate surface area is 154 Å². The van der Waals surface area contributed by atoms with Crippen LogP contribution in [-0.4, -0.2) is 26.9 Å². The van der Waals surface area contributed by atoms with Crippen LogP contribution in [0, 0.1) is 17.5 Å². The van der Waals surface area contributed by atoms with Crippen LogP contribution in [0.3, 0.4) is 0 Å². The lowest BCUT2D eigenvalue weighted by atomic mass is 10.2. The second kappa shape index (κ2) is 8.07. The molecule has 0 saturated carbocycles. The van der Waals surface area contributed by atoms with Gasteiger partial charge in [0.15, 0.2) is 11.6 Å². The average molecular weight is 373 g/mol. The van der Waals surface area contributed by atoms with Crippen molar-refractivity contribution in [3.8, 4) is 0 Å². The first-order valence-corrected chi connectivity index (χ1v) is 8.46. The van der Waals surface area contributed by atoms with Crippen molar-refractivity contribution in [1.29, 1.82) is 0 Å². The molecule has 0 N–H and O–H groups in total. The predicted octanol–water partition coefficient (Wildman–Crippen LogP) is 4.01. The molecule has 0 fully saturated rings. The number of carbonyl (C=O) groups is 1. The molecule has 140 valence electrons. The maximum absolute atomic E-state index is 13.4. The van der Waals surface area contributed by atoms with Crippen molar-refractivity contribution in [3.05, 3.63) is 89.3 Å². The number of amides is 1. The fourth-order valence-electron chi connectivity index (χ4n) is 2.74. The quantitative estimate of drug-likeness (QED) is 0.655. The number of nitrogens with zero attached hydrogens (tertiary/aromatic N) is 3. The van der Waals surface area contributed by atoms with Crippen LogP contribution >= 0.6 is 0 Å². The zero-order valence-electron chi connectivity index (χ0n) is 14.7. The van der Waals surface area contributed by atoms with Gasteiger partial charge in [0.25, 0.3) is 5.91 Å². The van der Waals surface area contributed by atoms with Gasteiger partial charge in [-0.2, -0.15) is 0 Å². The van der Waals surface area contributed by atoms with E-state index in [-0.39, 0.29) is 12.5 Å². The first kappa shape index (κ1) is 18.7. The lowest BCUT2D eigenvalue weighted by Crippen LogP contribution is -2.31. The standard InChI is InChI=1S/C20H18F3N3O/c1-2-25(20(27)15-4-6-16(21)7-5-15)13-19-24-9-10-26(19)12-14-3-8-17(22)18(23)11-14/h3-11H,2,12-13H2,1H3. The molecule has 2 aromatic carbocycles. The van der Waals surface area contributed by atoms with Gasteiger partial charge in [-0.25, -0.2) is 18.2 Å². The Morgan fingerprint density at radius 3 is 2.48 bits per heavy atom. The van der Waals surface area contributed by atoms with E-state index < -0.39 is 17.5 Å². The van der Waals surface area contributed by atoms with E-state index in [1.165, 1.54) is 30.3 Å². The summed E-state index contributed by atoms with van der Waals surface area (Å²) in [6.45, 7) is 2.82. The van der Waals surface area contributed by atoms with Gasteiger partial charge in [0.05, 0.1) is 6.54 Å². The topological polar surface area (TPSA) is 38.1 Å². The Balaban J connectivity index is 1.76. The monoisotopic (exact) mass is 373 g/mol. The van der Waals surface area contributed by atoms with Crippen LogP contribution in [0.2, 0.25) is 0 Å². The Bertz CT molecular complexity index is 938. The molecular weight excluding hydrogens is 355 g/mol. The van der Waals surface area contributed by atoms with Gasteiger partial charge < -0.3 is 9.47 Å². The molecular formula is C20H18F3N3O. The highest BCUT2D eigenvalue weighted by molar-refractivity contribution is 5.94. The molecule has 0 radical (unpaired) electrons. The fraction of sp³-hybridized carbons (Fsp3) is 0.200. The second-order valence-electron chi connectivity index (χ2n) is 6.05. The minimum Gasteiger partial charge on any atom is -0.331 e. The smallest absolute Gasteiger partial charge is 0.254 e.